The first-order chi connectivity index (χ1) is 13.7. The minimum absolute atomic E-state index is 0.0603. The molecule has 29 heavy (non-hydrogen) atoms. The zero-order valence-electron chi connectivity index (χ0n) is 15.5. The molecule has 2 aromatic carbocycles. The van der Waals surface area contributed by atoms with Crippen molar-refractivity contribution in [1.29, 1.82) is 0 Å². The molecule has 0 spiro atoms. The van der Waals surface area contributed by atoms with Crippen molar-refractivity contribution in [3.8, 4) is 0 Å². The van der Waals surface area contributed by atoms with Gasteiger partial charge in [-0.3, -0.25) is 9.59 Å². The molecule has 0 radical (unpaired) electrons. The third-order valence-electron chi connectivity index (χ3n) is 4.63. The number of hydrogen-bond acceptors (Lipinski definition) is 4. The summed E-state index contributed by atoms with van der Waals surface area (Å²) < 4.78 is 25.9. The first-order valence-corrected chi connectivity index (χ1v) is 11.1. The highest BCUT2D eigenvalue weighted by Crippen LogP contribution is 2.25. The molecule has 1 aliphatic heterocycles. The van der Waals surface area contributed by atoms with Crippen LogP contribution in [0.1, 0.15) is 23.2 Å². The van der Waals surface area contributed by atoms with Gasteiger partial charge in [0.05, 0.1) is 4.90 Å². The van der Waals surface area contributed by atoms with E-state index in [4.69, 9.17) is 23.2 Å². The summed E-state index contributed by atoms with van der Waals surface area (Å²) in [5.41, 5.74) is 0.763. The highest BCUT2D eigenvalue weighted by Gasteiger charge is 2.34. The van der Waals surface area contributed by atoms with Crippen molar-refractivity contribution in [1.82, 2.24) is 9.62 Å². The van der Waals surface area contributed by atoms with Crippen LogP contribution in [0.25, 0.3) is 0 Å². The van der Waals surface area contributed by atoms with Crippen LogP contribution in [0.15, 0.2) is 47.4 Å². The summed E-state index contributed by atoms with van der Waals surface area (Å²) in [6, 6.07) is 9.67. The van der Waals surface area contributed by atoms with Crippen LogP contribution in [0.5, 0.6) is 0 Å². The Hall–Kier alpha value is -2.13. The molecular formula is C19H19Cl2N3O4S. The summed E-state index contributed by atoms with van der Waals surface area (Å²) in [6.07, 6.45) is 1.21. The first-order valence-electron chi connectivity index (χ1n) is 8.83. The number of nitrogens with one attached hydrogen (secondary N) is 2. The van der Waals surface area contributed by atoms with E-state index in [9.17, 15) is 18.0 Å². The lowest BCUT2D eigenvalue weighted by molar-refractivity contribution is -0.119. The predicted molar refractivity (Wildman–Crippen MR) is 112 cm³/mol. The maximum Gasteiger partial charge on any atom is 0.254 e. The summed E-state index contributed by atoms with van der Waals surface area (Å²) in [4.78, 5) is 27.2. The molecule has 1 unspecified atom stereocenters. The van der Waals surface area contributed by atoms with Gasteiger partial charge in [-0.2, -0.15) is 0 Å². The molecule has 7 nitrogen and oxygen atoms in total. The van der Waals surface area contributed by atoms with Crippen LogP contribution in [-0.4, -0.2) is 44.8 Å². The lowest BCUT2D eigenvalue weighted by Gasteiger charge is -2.24. The third kappa shape index (κ3) is 4.90. The van der Waals surface area contributed by atoms with E-state index < -0.39 is 16.1 Å². The summed E-state index contributed by atoms with van der Waals surface area (Å²) >= 11 is 11.9. The summed E-state index contributed by atoms with van der Waals surface area (Å²) in [5.74, 6) is -0.663. The number of halogens is 2. The molecule has 1 heterocycles. The summed E-state index contributed by atoms with van der Waals surface area (Å²) in [7, 11) is -2.27. The molecule has 0 aliphatic carbocycles. The Bertz CT molecular complexity index is 1020. The average molecular weight is 456 g/mol. The number of rotatable bonds is 5. The van der Waals surface area contributed by atoms with Crippen molar-refractivity contribution in [2.24, 2.45) is 0 Å². The van der Waals surface area contributed by atoms with E-state index in [1.807, 2.05) is 0 Å². The van der Waals surface area contributed by atoms with Gasteiger partial charge in [0.1, 0.15) is 6.04 Å². The molecular weight excluding hydrogens is 437 g/mol. The van der Waals surface area contributed by atoms with Crippen molar-refractivity contribution in [2.75, 3.05) is 18.9 Å². The lowest BCUT2D eigenvalue weighted by atomic mass is 10.1. The number of anilines is 1. The SMILES string of the molecule is CNS(=O)(=O)c1ccc(C(=O)N2CCCC2C(=O)Nc2cc(Cl)cc(Cl)c2)cc1. The van der Waals surface area contributed by atoms with E-state index in [0.717, 1.165) is 0 Å². The number of carbonyl (C=O) groups excluding carboxylic acids is 2. The average Bonchev–Trinajstić information content (AvgIpc) is 3.16. The van der Waals surface area contributed by atoms with E-state index in [1.54, 1.807) is 18.2 Å². The van der Waals surface area contributed by atoms with E-state index in [1.165, 1.54) is 36.2 Å². The number of carbonyl (C=O) groups is 2. The summed E-state index contributed by atoms with van der Waals surface area (Å²) in [5, 5.41) is 3.53. The molecule has 0 aromatic heterocycles. The van der Waals surface area contributed by atoms with Crippen molar-refractivity contribution in [3.63, 3.8) is 0 Å². The van der Waals surface area contributed by atoms with Gasteiger partial charge >= 0.3 is 0 Å². The van der Waals surface area contributed by atoms with Crippen molar-refractivity contribution >= 4 is 50.7 Å². The molecule has 0 saturated carbocycles. The minimum atomic E-state index is -3.59. The zero-order valence-corrected chi connectivity index (χ0v) is 17.8. The molecule has 1 atom stereocenters. The van der Waals surface area contributed by atoms with Crippen molar-refractivity contribution in [3.05, 3.63) is 58.1 Å². The summed E-state index contributed by atoms with van der Waals surface area (Å²) in [6.45, 7) is 0.434. The number of amides is 2. The van der Waals surface area contributed by atoms with Crippen LogP contribution in [-0.2, 0) is 14.8 Å². The molecule has 2 amide bonds. The molecule has 1 aliphatic rings. The van der Waals surface area contributed by atoms with Crippen LogP contribution in [0, 0.1) is 0 Å². The smallest absolute Gasteiger partial charge is 0.254 e. The first kappa shape index (κ1) is 21.6. The number of nitrogens with zero attached hydrogens (tertiary/aromatic N) is 1. The van der Waals surface area contributed by atoms with Gasteiger partial charge in [-0.05, 0) is 62.4 Å². The molecule has 1 fully saturated rings. The van der Waals surface area contributed by atoms with Crippen molar-refractivity contribution < 1.29 is 18.0 Å². The molecule has 2 N–H and O–H groups in total. The van der Waals surface area contributed by atoms with E-state index in [2.05, 4.69) is 10.0 Å². The maximum atomic E-state index is 12.9. The Morgan fingerprint density at radius 3 is 2.28 bits per heavy atom. The highest BCUT2D eigenvalue weighted by molar-refractivity contribution is 7.89. The van der Waals surface area contributed by atoms with Crippen LogP contribution in [0.3, 0.4) is 0 Å². The quantitative estimate of drug-likeness (QED) is 0.723. The van der Waals surface area contributed by atoms with Gasteiger partial charge < -0.3 is 10.2 Å². The second-order valence-electron chi connectivity index (χ2n) is 6.54. The molecule has 2 aromatic rings. The van der Waals surface area contributed by atoms with Gasteiger partial charge in [-0.25, -0.2) is 13.1 Å². The van der Waals surface area contributed by atoms with Crippen LogP contribution in [0.4, 0.5) is 5.69 Å². The number of sulfonamides is 1. The van der Waals surface area contributed by atoms with Crippen molar-refractivity contribution in [2.45, 2.75) is 23.8 Å². The van der Waals surface area contributed by atoms with E-state index >= 15 is 0 Å². The van der Waals surface area contributed by atoms with E-state index in [-0.39, 0.29) is 16.7 Å². The van der Waals surface area contributed by atoms with E-state index in [0.29, 0.717) is 40.7 Å². The Morgan fingerprint density at radius 2 is 1.69 bits per heavy atom. The molecule has 3 rings (SSSR count). The largest absolute Gasteiger partial charge is 0.327 e. The topological polar surface area (TPSA) is 95.6 Å². The fourth-order valence-electron chi connectivity index (χ4n) is 3.19. The second kappa shape index (κ2) is 8.71. The standard InChI is InChI=1S/C19H19Cl2N3O4S/c1-22-29(27,28)16-6-4-12(5-7-16)19(26)24-8-2-3-17(24)18(25)23-15-10-13(20)9-14(21)11-15/h4-7,9-11,17,22H,2-3,8H2,1H3,(H,23,25). The van der Waals surface area contributed by atoms with Crippen LogP contribution < -0.4 is 10.0 Å². The maximum absolute atomic E-state index is 12.9. The predicted octanol–water partition coefficient (Wildman–Crippen LogP) is 3.14. The van der Waals surface area contributed by atoms with Gasteiger partial charge in [0, 0.05) is 27.8 Å². The van der Waals surface area contributed by atoms with Gasteiger partial charge in [0.2, 0.25) is 15.9 Å². The molecule has 1 saturated heterocycles. The second-order valence-corrected chi connectivity index (χ2v) is 9.30. The van der Waals surface area contributed by atoms with Gasteiger partial charge in [0.15, 0.2) is 0 Å². The molecule has 154 valence electrons. The molecule has 10 heteroatoms. The fraction of sp³-hybridized carbons (Fsp3) is 0.263. The Morgan fingerprint density at radius 1 is 1.07 bits per heavy atom. The van der Waals surface area contributed by atoms with Gasteiger partial charge in [-0.1, -0.05) is 23.2 Å². The van der Waals surface area contributed by atoms with Crippen LogP contribution >= 0.6 is 23.2 Å². The number of hydrogen-bond donors (Lipinski definition) is 2. The van der Waals surface area contributed by atoms with Crippen LogP contribution in [0.2, 0.25) is 10.0 Å². The van der Waals surface area contributed by atoms with Gasteiger partial charge in [0.25, 0.3) is 5.91 Å². The minimum Gasteiger partial charge on any atom is -0.327 e. The Balaban J connectivity index is 1.75. The van der Waals surface area contributed by atoms with Gasteiger partial charge in [-0.15, -0.1) is 0 Å². The zero-order chi connectivity index (χ0) is 21.2. The molecule has 0 bridgehead atoms. The monoisotopic (exact) mass is 455 g/mol. The Kier molecular flexibility index (Phi) is 6.48. The lowest BCUT2D eigenvalue weighted by Crippen LogP contribution is -2.43. The Labute approximate surface area is 179 Å². The fourth-order valence-corrected chi connectivity index (χ4v) is 4.45. The normalized spacial score (nSPS) is 16.7. The highest BCUT2D eigenvalue weighted by atomic mass is 35.5. The number of benzene rings is 2. The third-order valence-corrected chi connectivity index (χ3v) is 6.49. The number of likely N-dealkylation sites (tertiary alicyclic amines) is 1.